The quantitative estimate of drug-likeness (QED) is 0.885. The molecule has 0 aromatic carbocycles. The molecule has 1 aromatic heterocycles. The largest absolute Gasteiger partial charge is 0.377 e. The van der Waals surface area contributed by atoms with Crippen molar-refractivity contribution >= 4 is 27.7 Å². The zero-order chi connectivity index (χ0) is 12.4. The number of rotatable bonds is 3. The van der Waals surface area contributed by atoms with Gasteiger partial charge in [-0.1, -0.05) is 0 Å². The maximum Gasteiger partial charge on any atom is 0.222 e. The Hall–Kier alpha value is -0.920. The number of hydrogen-bond donors (Lipinski definition) is 1. The van der Waals surface area contributed by atoms with Crippen LogP contribution in [0.1, 0.15) is 0 Å². The molecular formula is C10H15BrN4O2. The normalized spacial score (nSPS) is 24.3. The van der Waals surface area contributed by atoms with Crippen LogP contribution in [0.25, 0.3) is 0 Å². The summed E-state index contributed by atoms with van der Waals surface area (Å²) in [6.07, 6.45) is 1.74. The van der Waals surface area contributed by atoms with Crippen LogP contribution in [-0.2, 0) is 9.47 Å². The van der Waals surface area contributed by atoms with E-state index in [-0.39, 0.29) is 18.2 Å². The van der Waals surface area contributed by atoms with Gasteiger partial charge in [0, 0.05) is 33.5 Å². The molecule has 0 radical (unpaired) electrons. The van der Waals surface area contributed by atoms with Crippen LogP contribution in [0.2, 0.25) is 0 Å². The van der Waals surface area contributed by atoms with E-state index in [1.165, 1.54) is 0 Å². The summed E-state index contributed by atoms with van der Waals surface area (Å²) in [4.78, 5) is 10.2. The topological polar surface area (TPSA) is 73.5 Å². The molecule has 1 aliphatic heterocycles. The van der Waals surface area contributed by atoms with Gasteiger partial charge in [-0.3, -0.25) is 0 Å². The third kappa shape index (κ3) is 2.51. The molecular weight excluding hydrogens is 288 g/mol. The van der Waals surface area contributed by atoms with Crippen LogP contribution < -0.4 is 10.6 Å². The Morgan fingerprint density at radius 2 is 1.94 bits per heavy atom. The SMILES string of the molecule is COC1CN(c2nc(N)ncc2Br)CC1OC. The third-order valence-electron chi connectivity index (χ3n) is 2.86. The second-order valence-electron chi connectivity index (χ2n) is 3.85. The van der Waals surface area contributed by atoms with Gasteiger partial charge in [-0.05, 0) is 15.9 Å². The van der Waals surface area contributed by atoms with Gasteiger partial charge in [0.1, 0.15) is 18.0 Å². The maximum absolute atomic E-state index is 5.60. The van der Waals surface area contributed by atoms with E-state index < -0.39 is 0 Å². The van der Waals surface area contributed by atoms with Crippen LogP contribution in [0.4, 0.5) is 11.8 Å². The lowest BCUT2D eigenvalue weighted by molar-refractivity contribution is -0.00461. The van der Waals surface area contributed by atoms with E-state index in [2.05, 4.69) is 30.8 Å². The molecule has 0 amide bonds. The number of nitrogens with zero attached hydrogens (tertiary/aromatic N) is 3. The van der Waals surface area contributed by atoms with E-state index in [4.69, 9.17) is 15.2 Å². The Morgan fingerprint density at radius 3 is 2.47 bits per heavy atom. The summed E-state index contributed by atoms with van der Waals surface area (Å²) < 4.78 is 11.6. The lowest BCUT2D eigenvalue weighted by Gasteiger charge is -2.18. The number of nitrogen functional groups attached to an aromatic ring is 1. The van der Waals surface area contributed by atoms with Crippen molar-refractivity contribution in [2.75, 3.05) is 37.9 Å². The van der Waals surface area contributed by atoms with E-state index in [9.17, 15) is 0 Å². The highest BCUT2D eigenvalue weighted by molar-refractivity contribution is 9.10. The summed E-state index contributed by atoms with van der Waals surface area (Å²) in [7, 11) is 3.37. The smallest absolute Gasteiger partial charge is 0.222 e. The minimum absolute atomic E-state index is 0.0445. The van der Waals surface area contributed by atoms with Crippen LogP contribution in [-0.4, -0.2) is 49.5 Å². The molecule has 1 fully saturated rings. The molecule has 1 aromatic rings. The van der Waals surface area contributed by atoms with Gasteiger partial charge in [0.2, 0.25) is 5.95 Å². The monoisotopic (exact) mass is 302 g/mol. The number of methoxy groups -OCH3 is 2. The molecule has 2 rings (SSSR count). The van der Waals surface area contributed by atoms with Gasteiger partial charge in [0.25, 0.3) is 0 Å². The highest BCUT2D eigenvalue weighted by Gasteiger charge is 2.34. The molecule has 17 heavy (non-hydrogen) atoms. The van der Waals surface area contributed by atoms with Gasteiger partial charge in [0.15, 0.2) is 0 Å². The van der Waals surface area contributed by atoms with E-state index in [0.717, 1.165) is 23.4 Å². The molecule has 6 nitrogen and oxygen atoms in total. The molecule has 1 aliphatic rings. The molecule has 0 aliphatic carbocycles. The molecule has 94 valence electrons. The summed E-state index contributed by atoms with van der Waals surface area (Å²) in [6.45, 7) is 1.45. The number of anilines is 2. The van der Waals surface area contributed by atoms with Crippen LogP contribution in [0.5, 0.6) is 0 Å². The second kappa shape index (κ2) is 5.16. The lowest BCUT2D eigenvalue weighted by Crippen LogP contribution is -2.27. The van der Waals surface area contributed by atoms with Gasteiger partial charge in [-0.2, -0.15) is 4.98 Å². The zero-order valence-corrected chi connectivity index (χ0v) is 11.3. The fraction of sp³-hybridized carbons (Fsp3) is 0.600. The molecule has 0 bridgehead atoms. The van der Waals surface area contributed by atoms with Crippen LogP contribution >= 0.6 is 15.9 Å². The van der Waals surface area contributed by atoms with Crippen molar-refractivity contribution in [3.8, 4) is 0 Å². The molecule has 2 atom stereocenters. The van der Waals surface area contributed by atoms with Crippen molar-refractivity contribution in [1.82, 2.24) is 9.97 Å². The lowest BCUT2D eigenvalue weighted by atomic mass is 10.3. The summed E-state index contributed by atoms with van der Waals surface area (Å²) in [5.74, 6) is 1.04. The third-order valence-corrected chi connectivity index (χ3v) is 3.42. The van der Waals surface area contributed by atoms with E-state index in [1.54, 1.807) is 20.4 Å². The number of nitrogens with two attached hydrogens (primary N) is 1. The average molecular weight is 303 g/mol. The Kier molecular flexibility index (Phi) is 3.80. The van der Waals surface area contributed by atoms with E-state index in [0.29, 0.717) is 0 Å². The Morgan fingerprint density at radius 1 is 1.35 bits per heavy atom. The van der Waals surface area contributed by atoms with Gasteiger partial charge in [0.05, 0.1) is 4.47 Å². The second-order valence-corrected chi connectivity index (χ2v) is 4.71. The fourth-order valence-electron chi connectivity index (χ4n) is 1.96. The number of halogens is 1. The predicted octanol–water partition coefficient (Wildman–Crippen LogP) is 0.671. The van der Waals surface area contributed by atoms with Crippen molar-refractivity contribution in [3.63, 3.8) is 0 Å². The van der Waals surface area contributed by atoms with E-state index in [1.807, 2.05) is 0 Å². The minimum Gasteiger partial charge on any atom is -0.377 e. The Bertz CT molecular complexity index is 392. The van der Waals surface area contributed by atoms with Gasteiger partial charge >= 0.3 is 0 Å². The van der Waals surface area contributed by atoms with Gasteiger partial charge in [-0.25, -0.2) is 4.98 Å². The highest BCUT2D eigenvalue weighted by Crippen LogP contribution is 2.28. The zero-order valence-electron chi connectivity index (χ0n) is 9.76. The Labute approximate surface area is 108 Å². The molecule has 0 saturated carbocycles. The van der Waals surface area contributed by atoms with Crippen molar-refractivity contribution in [2.45, 2.75) is 12.2 Å². The Balaban J connectivity index is 2.21. The summed E-state index contributed by atoms with van der Waals surface area (Å²) in [6, 6.07) is 0. The highest BCUT2D eigenvalue weighted by atomic mass is 79.9. The molecule has 2 unspecified atom stereocenters. The van der Waals surface area contributed by atoms with Crippen LogP contribution in [0.3, 0.4) is 0 Å². The van der Waals surface area contributed by atoms with Crippen molar-refractivity contribution in [1.29, 1.82) is 0 Å². The first kappa shape index (κ1) is 12.5. The standard InChI is InChI=1S/C10H15BrN4O2/c1-16-7-4-15(5-8(7)17-2)9-6(11)3-13-10(12)14-9/h3,7-8H,4-5H2,1-2H3,(H2,12,13,14). The van der Waals surface area contributed by atoms with Crippen molar-refractivity contribution < 1.29 is 9.47 Å². The van der Waals surface area contributed by atoms with Gasteiger partial charge < -0.3 is 20.1 Å². The van der Waals surface area contributed by atoms with Crippen LogP contribution in [0.15, 0.2) is 10.7 Å². The maximum atomic E-state index is 5.60. The van der Waals surface area contributed by atoms with Crippen molar-refractivity contribution in [3.05, 3.63) is 10.7 Å². The number of ether oxygens (including phenoxy) is 2. The van der Waals surface area contributed by atoms with Crippen LogP contribution in [0, 0.1) is 0 Å². The summed E-state index contributed by atoms with van der Waals surface area (Å²) >= 11 is 3.42. The molecule has 0 spiro atoms. The first-order valence-electron chi connectivity index (χ1n) is 5.24. The minimum atomic E-state index is 0.0445. The predicted molar refractivity (Wildman–Crippen MR) is 68.0 cm³/mol. The average Bonchev–Trinajstić information content (AvgIpc) is 2.75. The van der Waals surface area contributed by atoms with Gasteiger partial charge in [-0.15, -0.1) is 0 Å². The summed E-state index contributed by atoms with van der Waals surface area (Å²) in [5.41, 5.74) is 5.60. The first-order valence-corrected chi connectivity index (χ1v) is 6.03. The molecule has 1 saturated heterocycles. The first-order chi connectivity index (χ1) is 8.15. The molecule has 2 heterocycles. The fourth-order valence-corrected chi connectivity index (χ4v) is 2.40. The number of hydrogen-bond acceptors (Lipinski definition) is 6. The van der Waals surface area contributed by atoms with Crippen molar-refractivity contribution in [2.24, 2.45) is 0 Å². The molecule has 7 heteroatoms. The summed E-state index contributed by atoms with van der Waals surface area (Å²) in [5, 5.41) is 0. The number of aromatic nitrogens is 2. The van der Waals surface area contributed by atoms with E-state index >= 15 is 0 Å². The molecule has 2 N–H and O–H groups in total.